The Bertz CT molecular complexity index is 792. The van der Waals surface area contributed by atoms with Crippen LogP contribution in [0.2, 0.25) is 0 Å². The van der Waals surface area contributed by atoms with Crippen molar-refractivity contribution < 1.29 is 14.8 Å². The second-order valence-electron chi connectivity index (χ2n) is 6.06. The van der Waals surface area contributed by atoms with E-state index in [1.54, 1.807) is 23.9 Å². The fraction of sp³-hybridized carbons (Fsp3) is 0.278. The van der Waals surface area contributed by atoms with E-state index in [0.29, 0.717) is 6.54 Å². The highest BCUT2D eigenvalue weighted by atomic mass is 79.9. The molecular weight excluding hydrogens is 388 g/mol. The van der Waals surface area contributed by atoms with E-state index < -0.39 is 5.72 Å². The number of β-amino-alcohol motifs (C(OH)–C–C–N with tert-alkyl or cyclic N) is 1. The van der Waals surface area contributed by atoms with Crippen molar-refractivity contribution in [2.45, 2.75) is 12.1 Å². The number of anilines is 1. The van der Waals surface area contributed by atoms with Gasteiger partial charge in [0.1, 0.15) is 11.4 Å². The first kappa shape index (κ1) is 16.0. The number of phenolic OH excluding ortho intramolecular Hbond substituents is 1. The van der Waals surface area contributed by atoms with Crippen LogP contribution in [-0.2, 0) is 5.72 Å². The highest BCUT2D eigenvalue weighted by Gasteiger charge is 2.53. The number of aliphatic hydroxyl groups is 1. The van der Waals surface area contributed by atoms with Crippen molar-refractivity contribution in [1.29, 1.82) is 0 Å². The average molecular weight is 406 g/mol. The summed E-state index contributed by atoms with van der Waals surface area (Å²) in [5.41, 5.74) is 0.837. The van der Waals surface area contributed by atoms with E-state index in [0.717, 1.165) is 39.6 Å². The number of amidine groups is 1. The number of nitrogens with zero attached hydrogens (tertiary/aromatic N) is 2. The molecule has 2 heterocycles. The minimum atomic E-state index is -1.04. The first-order valence-corrected chi connectivity index (χ1v) is 9.68. The SMILES string of the molecule is Oc1ccc(N2C[C@](O)(c3ccc(Br)cc3)[N+]3=C2SCCC3)cc1. The maximum absolute atomic E-state index is 11.5. The Morgan fingerprint density at radius 3 is 2.50 bits per heavy atom. The van der Waals surface area contributed by atoms with Gasteiger partial charge in [-0.2, -0.15) is 0 Å². The van der Waals surface area contributed by atoms with Crippen molar-refractivity contribution in [1.82, 2.24) is 0 Å². The quantitative estimate of drug-likeness (QED) is 0.752. The Morgan fingerprint density at radius 2 is 1.79 bits per heavy atom. The Kier molecular flexibility index (Phi) is 4.06. The van der Waals surface area contributed by atoms with Crippen LogP contribution in [-0.4, -0.2) is 38.8 Å². The summed E-state index contributed by atoms with van der Waals surface area (Å²) in [6.45, 7) is 1.31. The van der Waals surface area contributed by atoms with Crippen molar-refractivity contribution in [3.8, 4) is 5.75 Å². The summed E-state index contributed by atoms with van der Waals surface area (Å²) in [7, 11) is 0. The molecule has 24 heavy (non-hydrogen) atoms. The molecule has 1 atom stereocenters. The van der Waals surface area contributed by atoms with Crippen LogP contribution in [0.1, 0.15) is 12.0 Å². The normalized spacial score (nSPS) is 23.5. The topological polar surface area (TPSA) is 46.7 Å². The Morgan fingerprint density at radius 1 is 1.08 bits per heavy atom. The molecule has 124 valence electrons. The molecule has 0 aromatic heterocycles. The van der Waals surface area contributed by atoms with Crippen molar-refractivity contribution in [2.24, 2.45) is 0 Å². The first-order chi connectivity index (χ1) is 11.6. The number of benzene rings is 2. The number of rotatable bonds is 2. The van der Waals surface area contributed by atoms with Crippen molar-refractivity contribution >= 4 is 38.5 Å². The van der Waals surface area contributed by atoms with Crippen molar-refractivity contribution in [3.63, 3.8) is 0 Å². The van der Waals surface area contributed by atoms with Gasteiger partial charge in [-0.05, 0) is 54.6 Å². The summed E-state index contributed by atoms with van der Waals surface area (Å²) in [6, 6.07) is 15.0. The van der Waals surface area contributed by atoms with Gasteiger partial charge in [-0.25, -0.2) is 9.48 Å². The summed E-state index contributed by atoms with van der Waals surface area (Å²) in [4.78, 5) is 2.14. The van der Waals surface area contributed by atoms with Gasteiger partial charge in [-0.1, -0.05) is 28.1 Å². The van der Waals surface area contributed by atoms with E-state index >= 15 is 0 Å². The number of aromatic hydroxyl groups is 1. The van der Waals surface area contributed by atoms with E-state index in [4.69, 9.17) is 0 Å². The molecule has 2 aromatic carbocycles. The average Bonchev–Trinajstić information content (AvgIpc) is 2.91. The minimum Gasteiger partial charge on any atom is -0.508 e. The highest BCUT2D eigenvalue weighted by molar-refractivity contribution is 9.10. The van der Waals surface area contributed by atoms with Crippen LogP contribution in [0.25, 0.3) is 0 Å². The molecule has 2 aliphatic heterocycles. The molecule has 0 spiro atoms. The molecule has 2 aromatic rings. The molecule has 0 saturated heterocycles. The van der Waals surface area contributed by atoms with Gasteiger partial charge in [0.25, 0.3) is 5.72 Å². The monoisotopic (exact) mass is 405 g/mol. The van der Waals surface area contributed by atoms with Gasteiger partial charge in [0.2, 0.25) is 0 Å². The van der Waals surface area contributed by atoms with Gasteiger partial charge >= 0.3 is 5.17 Å². The van der Waals surface area contributed by atoms with E-state index in [1.165, 1.54) is 0 Å². The van der Waals surface area contributed by atoms with Gasteiger partial charge in [0.05, 0.1) is 6.54 Å². The first-order valence-electron chi connectivity index (χ1n) is 7.90. The van der Waals surface area contributed by atoms with E-state index in [2.05, 4.69) is 25.4 Å². The maximum Gasteiger partial charge on any atom is 0.316 e. The zero-order valence-corrected chi connectivity index (χ0v) is 15.4. The molecule has 0 radical (unpaired) electrons. The number of thioether (sulfide) groups is 1. The summed E-state index contributed by atoms with van der Waals surface area (Å²) in [6.07, 6.45) is 1.05. The Balaban J connectivity index is 1.78. The van der Waals surface area contributed by atoms with Crippen LogP contribution < -0.4 is 4.90 Å². The number of hydrogen-bond acceptors (Lipinski definition) is 4. The second-order valence-corrected chi connectivity index (χ2v) is 8.04. The molecule has 2 N–H and O–H groups in total. The summed E-state index contributed by atoms with van der Waals surface area (Å²) < 4.78 is 3.11. The van der Waals surface area contributed by atoms with E-state index in [9.17, 15) is 10.2 Å². The third-order valence-electron chi connectivity index (χ3n) is 4.51. The molecule has 0 aliphatic carbocycles. The standard InChI is InChI=1S/C18H17BrN2O2S/c19-14-4-2-13(3-5-14)18(23)12-20(15-6-8-16(22)9-7-15)17-21(18)10-1-11-24-17/h2-9,23H,1,10-12H2/p+1/t18-/m0/s1. The van der Waals surface area contributed by atoms with Crippen LogP contribution in [0.15, 0.2) is 53.0 Å². The molecular formula is C18H18BrN2O2S+. The molecule has 0 bridgehead atoms. The third kappa shape index (κ3) is 2.62. The minimum absolute atomic E-state index is 0.249. The van der Waals surface area contributed by atoms with Gasteiger partial charge in [0, 0.05) is 15.8 Å². The summed E-state index contributed by atoms with van der Waals surface area (Å²) in [5, 5.41) is 22.1. The lowest BCUT2D eigenvalue weighted by Gasteiger charge is -2.24. The molecule has 6 heteroatoms. The smallest absolute Gasteiger partial charge is 0.316 e. The molecule has 0 saturated carbocycles. The zero-order valence-electron chi connectivity index (χ0n) is 13.0. The Labute approximate surface area is 153 Å². The summed E-state index contributed by atoms with van der Waals surface area (Å²) in [5.74, 6) is 1.30. The molecule has 0 fully saturated rings. The van der Waals surface area contributed by atoms with Crippen LogP contribution >= 0.6 is 27.7 Å². The fourth-order valence-electron chi connectivity index (χ4n) is 3.30. The molecule has 2 aliphatic rings. The number of hydrogen-bond donors (Lipinski definition) is 2. The lowest BCUT2D eigenvalue weighted by atomic mass is 10.0. The van der Waals surface area contributed by atoms with Gasteiger partial charge in [-0.15, -0.1) is 0 Å². The van der Waals surface area contributed by atoms with Crippen molar-refractivity contribution in [3.05, 3.63) is 58.6 Å². The fourth-order valence-corrected chi connectivity index (χ4v) is 4.74. The van der Waals surface area contributed by atoms with Gasteiger partial charge in [-0.3, -0.25) is 0 Å². The van der Waals surface area contributed by atoms with E-state index in [1.807, 2.05) is 36.4 Å². The molecule has 4 rings (SSSR count). The predicted molar refractivity (Wildman–Crippen MR) is 101 cm³/mol. The number of phenols is 1. The zero-order chi connectivity index (χ0) is 16.7. The lowest BCUT2D eigenvalue weighted by Crippen LogP contribution is -2.41. The largest absolute Gasteiger partial charge is 0.508 e. The van der Waals surface area contributed by atoms with Crippen LogP contribution in [0.5, 0.6) is 5.75 Å². The van der Waals surface area contributed by atoms with Crippen LogP contribution in [0.3, 0.4) is 0 Å². The maximum atomic E-state index is 11.5. The lowest BCUT2D eigenvalue weighted by molar-refractivity contribution is -0.656. The number of halogens is 1. The van der Waals surface area contributed by atoms with Crippen LogP contribution in [0.4, 0.5) is 5.69 Å². The van der Waals surface area contributed by atoms with Crippen LogP contribution in [0, 0.1) is 0 Å². The molecule has 0 amide bonds. The predicted octanol–water partition coefficient (Wildman–Crippen LogP) is 3.33. The second kappa shape index (κ2) is 6.10. The third-order valence-corrected chi connectivity index (χ3v) is 6.23. The Hall–Kier alpha value is -1.50. The van der Waals surface area contributed by atoms with Gasteiger partial charge in [0.15, 0.2) is 6.54 Å². The van der Waals surface area contributed by atoms with Crippen molar-refractivity contribution in [2.75, 3.05) is 23.7 Å². The highest BCUT2D eigenvalue weighted by Crippen LogP contribution is 2.38. The molecule has 0 unspecified atom stereocenters. The summed E-state index contributed by atoms with van der Waals surface area (Å²) >= 11 is 5.24. The van der Waals surface area contributed by atoms with E-state index in [-0.39, 0.29) is 5.75 Å². The molecule has 4 nitrogen and oxygen atoms in total. The van der Waals surface area contributed by atoms with Gasteiger partial charge < -0.3 is 10.2 Å².